The van der Waals surface area contributed by atoms with Gasteiger partial charge in [-0.05, 0) is 26.0 Å². The monoisotopic (exact) mass is 399 g/mol. The van der Waals surface area contributed by atoms with E-state index >= 15 is 0 Å². The number of carbonyl (C=O) groups is 1. The van der Waals surface area contributed by atoms with Crippen molar-refractivity contribution in [1.82, 2.24) is 15.1 Å². The summed E-state index contributed by atoms with van der Waals surface area (Å²) in [5.74, 6) is 1.90. The van der Waals surface area contributed by atoms with Crippen LogP contribution in [0.3, 0.4) is 0 Å². The van der Waals surface area contributed by atoms with Gasteiger partial charge in [-0.3, -0.25) is 4.79 Å². The zero-order valence-electron chi connectivity index (χ0n) is 16.7. The van der Waals surface area contributed by atoms with Gasteiger partial charge in [-0.1, -0.05) is 53.7 Å². The van der Waals surface area contributed by atoms with Gasteiger partial charge in [-0.25, -0.2) is 9.97 Å². The molecule has 0 aliphatic heterocycles. The maximum absolute atomic E-state index is 13.3. The molecule has 1 N–H and O–H groups in total. The molecule has 150 valence electrons. The smallest absolute Gasteiger partial charge is 0.277 e. The minimum atomic E-state index is -0.206. The van der Waals surface area contributed by atoms with Gasteiger partial charge < -0.3 is 14.7 Å². The average molecular weight is 399 g/mol. The zero-order valence-corrected chi connectivity index (χ0v) is 16.7. The highest BCUT2D eigenvalue weighted by atomic mass is 16.5. The van der Waals surface area contributed by atoms with Crippen LogP contribution >= 0.6 is 0 Å². The summed E-state index contributed by atoms with van der Waals surface area (Å²) in [7, 11) is 0. The van der Waals surface area contributed by atoms with E-state index in [1.807, 2.05) is 74.5 Å². The molecule has 0 unspecified atom stereocenters. The summed E-state index contributed by atoms with van der Waals surface area (Å²) < 4.78 is 5.11. The molecular formula is C23H21N5O2. The second kappa shape index (κ2) is 8.57. The van der Waals surface area contributed by atoms with Crippen molar-refractivity contribution in [1.29, 1.82) is 0 Å². The summed E-state index contributed by atoms with van der Waals surface area (Å²) >= 11 is 0. The molecular weight excluding hydrogens is 378 g/mol. The van der Waals surface area contributed by atoms with Crippen LogP contribution in [0.2, 0.25) is 0 Å². The van der Waals surface area contributed by atoms with E-state index in [0.717, 1.165) is 11.3 Å². The van der Waals surface area contributed by atoms with Crippen molar-refractivity contribution in [3.8, 4) is 11.4 Å². The molecule has 2 aromatic heterocycles. The first-order valence-corrected chi connectivity index (χ1v) is 9.66. The number of para-hydroxylation sites is 1. The van der Waals surface area contributed by atoms with Crippen LogP contribution in [-0.2, 0) is 0 Å². The molecule has 0 atom stereocenters. The average Bonchev–Trinajstić information content (AvgIpc) is 3.19. The molecule has 7 heteroatoms. The fourth-order valence-corrected chi connectivity index (χ4v) is 3.08. The summed E-state index contributed by atoms with van der Waals surface area (Å²) in [6, 6.07) is 22.5. The third-order valence-electron chi connectivity index (χ3n) is 4.49. The van der Waals surface area contributed by atoms with Gasteiger partial charge >= 0.3 is 0 Å². The van der Waals surface area contributed by atoms with E-state index in [-0.39, 0.29) is 11.6 Å². The van der Waals surface area contributed by atoms with Crippen LogP contribution in [0.5, 0.6) is 0 Å². The summed E-state index contributed by atoms with van der Waals surface area (Å²) in [6.45, 7) is 4.25. The quantitative estimate of drug-likeness (QED) is 0.499. The minimum absolute atomic E-state index is 0.206. The van der Waals surface area contributed by atoms with Crippen LogP contribution in [-0.4, -0.2) is 27.6 Å². The maximum Gasteiger partial charge on any atom is 0.277 e. The lowest BCUT2D eigenvalue weighted by molar-refractivity contribution is 0.0983. The lowest BCUT2D eigenvalue weighted by atomic mass is 10.2. The SMILES string of the molecule is CCN(C(=O)c1cc(Nc2cc(C)on2)nc(-c2ccccc2)n1)c1ccccc1. The Morgan fingerprint density at radius 1 is 0.967 bits per heavy atom. The van der Waals surface area contributed by atoms with Crippen LogP contribution < -0.4 is 10.2 Å². The Morgan fingerprint density at radius 3 is 2.30 bits per heavy atom. The predicted molar refractivity (Wildman–Crippen MR) is 116 cm³/mol. The van der Waals surface area contributed by atoms with E-state index < -0.39 is 0 Å². The highest BCUT2D eigenvalue weighted by molar-refractivity contribution is 6.05. The first-order chi connectivity index (χ1) is 14.6. The second-order valence-electron chi connectivity index (χ2n) is 6.66. The number of nitrogens with one attached hydrogen (secondary N) is 1. The van der Waals surface area contributed by atoms with E-state index in [0.29, 0.717) is 29.8 Å². The number of carbonyl (C=O) groups excluding carboxylic acids is 1. The molecule has 0 aliphatic rings. The number of nitrogens with zero attached hydrogens (tertiary/aromatic N) is 4. The summed E-state index contributed by atoms with van der Waals surface area (Å²) in [6.07, 6.45) is 0. The highest BCUT2D eigenvalue weighted by Gasteiger charge is 2.20. The van der Waals surface area contributed by atoms with Crippen LogP contribution in [0.4, 0.5) is 17.3 Å². The molecule has 0 radical (unpaired) electrons. The van der Waals surface area contributed by atoms with Gasteiger partial charge in [-0.15, -0.1) is 0 Å². The first-order valence-electron chi connectivity index (χ1n) is 9.66. The van der Waals surface area contributed by atoms with Crippen molar-refractivity contribution in [2.24, 2.45) is 0 Å². The number of aromatic nitrogens is 3. The number of rotatable bonds is 6. The van der Waals surface area contributed by atoms with E-state index in [4.69, 9.17) is 4.52 Å². The van der Waals surface area contributed by atoms with E-state index in [9.17, 15) is 4.79 Å². The molecule has 7 nitrogen and oxygen atoms in total. The van der Waals surface area contributed by atoms with Crippen molar-refractivity contribution in [3.05, 3.63) is 84.3 Å². The number of amides is 1. The van der Waals surface area contributed by atoms with Crippen LogP contribution in [0.25, 0.3) is 11.4 Å². The number of aryl methyl sites for hydroxylation is 1. The minimum Gasteiger partial charge on any atom is -0.360 e. The summed E-state index contributed by atoms with van der Waals surface area (Å²) in [5.41, 5.74) is 1.91. The van der Waals surface area contributed by atoms with Gasteiger partial charge in [0.05, 0.1) is 0 Å². The Labute approximate surface area is 174 Å². The zero-order chi connectivity index (χ0) is 20.9. The largest absolute Gasteiger partial charge is 0.360 e. The number of benzene rings is 2. The van der Waals surface area contributed by atoms with Gasteiger partial charge in [0.1, 0.15) is 17.3 Å². The molecule has 1 amide bonds. The molecule has 2 heterocycles. The second-order valence-corrected chi connectivity index (χ2v) is 6.66. The summed E-state index contributed by atoms with van der Waals surface area (Å²) in [5, 5.41) is 7.05. The molecule has 4 rings (SSSR count). The Kier molecular flexibility index (Phi) is 5.52. The highest BCUT2D eigenvalue weighted by Crippen LogP contribution is 2.23. The van der Waals surface area contributed by atoms with Crippen molar-refractivity contribution < 1.29 is 9.32 Å². The molecule has 30 heavy (non-hydrogen) atoms. The molecule has 0 aliphatic carbocycles. The molecule has 2 aromatic carbocycles. The normalized spacial score (nSPS) is 10.6. The predicted octanol–water partition coefficient (Wildman–Crippen LogP) is 4.85. The van der Waals surface area contributed by atoms with Crippen molar-refractivity contribution in [3.63, 3.8) is 0 Å². The third-order valence-corrected chi connectivity index (χ3v) is 4.49. The van der Waals surface area contributed by atoms with Crippen molar-refractivity contribution in [2.75, 3.05) is 16.8 Å². The Morgan fingerprint density at radius 2 is 1.67 bits per heavy atom. The standard InChI is InChI=1S/C23H21N5O2/c1-3-28(18-12-8-5-9-13-18)23(29)19-15-20(25-21-14-16(2)30-27-21)26-22(24-19)17-10-6-4-7-11-17/h4-15H,3H2,1-2H3,(H,24,25,26,27). The fraction of sp³-hybridized carbons (Fsp3) is 0.130. The molecule has 0 spiro atoms. The topological polar surface area (TPSA) is 84.2 Å². The lowest BCUT2D eigenvalue weighted by Gasteiger charge is -2.21. The lowest BCUT2D eigenvalue weighted by Crippen LogP contribution is -2.31. The Bertz CT molecular complexity index is 1140. The Balaban J connectivity index is 1.75. The van der Waals surface area contributed by atoms with Gasteiger partial charge in [-0.2, -0.15) is 0 Å². The Hall–Kier alpha value is -4.00. The molecule has 0 fully saturated rings. The third kappa shape index (κ3) is 4.20. The number of hydrogen-bond acceptors (Lipinski definition) is 6. The summed E-state index contributed by atoms with van der Waals surface area (Å²) in [4.78, 5) is 24.2. The number of hydrogen-bond donors (Lipinski definition) is 1. The van der Waals surface area contributed by atoms with Crippen LogP contribution in [0, 0.1) is 6.92 Å². The molecule has 0 bridgehead atoms. The van der Waals surface area contributed by atoms with Crippen molar-refractivity contribution in [2.45, 2.75) is 13.8 Å². The van der Waals surface area contributed by atoms with E-state index in [2.05, 4.69) is 20.4 Å². The molecule has 0 saturated heterocycles. The van der Waals surface area contributed by atoms with Crippen LogP contribution in [0.1, 0.15) is 23.2 Å². The van der Waals surface area contributed by atoms with E-state index in [1.54, 1.807) is 17.0 Å². The van der Waals surface area contributed by atoms with Gasteiger partial charge in [0.2, 0.25) is 0 Å². The van der Waals surface area contributed by atoms with Crippen molar-refractivity contribution >= 4 is 23.2 Å². The molecule has 4 aromatic rings. The van der Waals surface area contributed by atoms with Gasteiger partial charge in [0.25, 0.3) is 5.91 Å². The van der Waals surface area contributed by atoms with E-state index in [1.165, 1.54) is 0 Å². The first kappa shape index (κ1) is 19.3. The van der Waals surface area contributed by atoms with Crippen LogP contribution in [0.15, 0.2) is 77.3 Å². The fourth-order valence-electron chi connectivity index (χ4n) is 3.08. The maximum atomic E-state index is 13.3. The number of anilines is 3. The van der Waals surface area contributed by atoms with Gasteiger partial charge in [0.15, 0.2) is 11.6 Å². The van der Waals surface area contributed by atoms with Gasteiger partial charge in [0, 0.05) is 29.9 Å². The molecule has 0 saturated carbocycles.